The van der Waals surface area contributed by atoms with Crippen LogP contribution in [0, 0.1) is 0 Å². The number of hydrogen-bond donors (Lipinski definition) is 2. The minimum Gasteiger partial charge on any atom is -0.378 e. The molecular weight excluding hydrogens is 390 g/mol. The summed E-state index contributed by atoms with van der Waals surface area (Å²) in [5.74, 6) is -0.711. The molecule has 150 valence electrons. The minimum absolute atomic E-state index is 0.0335. The fourth-order valence-corrected chi connectivity index (χ4v) is 4.31. The molecule has 0 spiro atoms. The smallest absolute Gasteiger partial charge is 0.265 e. The van der Waals surface area contributed by atoms with Crippen molar-refractivity contribution in [3.8, 4) is 11.1 Å². The fraction of sp³-hybridized carbons (Fsp3) is 0.250. The van der Waals surface area contributed by atoms with E-state index in [4.69, 9.17) is 10.5 Å². The van der Waals surface area contributed by atoms with Crippen LogP contribution in [0.5, 0.6) is 0 Å². The maximum atomic E-state index is 12.9. The maximum Gasteiger partial charge on any atom is 0.265 e. The van der Waals surface area contributed by atoms with E-state index < -0.39 is 5.91 Å². The Morgan fingerprint density at radius 3 is 2.69 bits per heavy atom. The monoisotopic (exact) mass is 411 g/mol. The average molecular weight is 411 g/mol. The van der Waals surface area contributed by atoms with Crippen molar-refractivity contribution in [2.45, 2.75) is 6.54 Å². The summed E-state index contributed by atoms with van der Waals surface area (Å²) in [6, 6.07) is 12.0. The van der Waals surface area contributed by atoms with Crippen molar-refractivity contribution in [2.75, 3.05) is 36.5 Å². The van der Waals surface area contributed by atoms with Crippen LogP contribution in [0.25, 0.3) is 11.1 Å². The third kappa shape index (κ3) is 4.47. The Hall–Kier alpha value is -3.17. The van der Waals surface area contributed by atoms with Gasteiger partial charge in [0.2, 0.25) is 5.91 Å². The molecule has 29 heavy (non-hydrogen) atoms. The van der Waals surface area contributed by atoms with Crippen LogP contribution in [0.1, 0.15) is 9.67 Å². The summed E-state index contributed by atoms with van der Waals surface area (Å²) in [5.41, 5.74) is 7.79. The van der Waals surface area contributed by atoms with Crippen molar-refractivity contribution in [1.82, 2.24) is 9.78 Å². The Labute approximate surface area is 171 Å². The number of carbonyl (C=O) groups excluding carboxylic acids is 2. The first-order chi connectivity index (χ1) is 14.1. The van der Waals surface area contributed by atoms with Gasteiger partial charge in [-0.15, -0.1) is 11.3 Å². The lowest BCUT2D eigenvalue weighted by molar-refractivity contribution is -0.118. The number of hydrogen-bond acceptors (Lipinski definition) is 6. The van der Waals surface area contributed by atoms with E-state index in [1.807, 2.05) is 36.4 Å². The van der Waals surface area contributed by atoms with Gasteiger partial charge < -0.3 is 20.7 Å². The Kier molecular flexibility index (Phi) is 5.59. The molecule has 8 nitrogen and oxygen atoms in total. The molecule has 0 bridgehead atoms. The van der Waals surface area contributed by atoms with Crippen LogP contribution in [-0.2, 0) is 16.1 Å². The number of nitrogens with one attached hydrogen (secondary N) is 1. The molecule has 0 aliphatic carbocycles. The number of carbonyl (C=O) groups is 2. The zero-order valence-corrected chi connectivity index (χ0v) is 16.5. The number of nitrogens with zero attached hydrogens (tertiary/aromatic N) is 3. The van der Waals surface area contributed by atoms with Crippen molar-refractivity contribution in [3.05, 3.63) is 53.7 Å². The number of ether oxygens (including phenoxy) is 1. The first kappa shape index (κ1) is 19.2. The van der Waals surface area contributed by atoms with Crippen LogP contribution in [0.15, 0.2) is 48.8 Å². The van der Waals surface area contributed by atoms with Gasteiger partial charge in [0, 0.05) is 24.8 Å². The number of primary amides is 1. The highest BCUT2D eigenvalue weighted by Crippen LogP contribution is 2.39. The van der Waals surface area contributed by atoms with Crippen LogP contribution in [0.3, 0.4) is 0 Å². The molecule has 1 aromatic carbocycles. The summed E-state index contributed by atoms with van der Waals surface area (Å²) in [5, 5.41) is 7.93. The summed E-state index contributed by atoms with van der Waals surface area (Å²) in [7, 11) is 0. The summed E-state index contributed by atoms with van der Waals surface area (Å²) >= 11 is 1.46. The van der Waals surface area contributed by atoms with Gasteiger partial charge in [-0.3, -0.25) is 14.3 Å². The summed E-state index contributed by atoms with van der Waals surface area (Å²) in [6.07, 6.45) is 3.08. The molecule has 0 unspecified atom stereocenters. The van der Waals surface area contributed by atoms with Crippen LogP contribution >= 0.6 is 11.3 Å². The second kappa shape index (κ2) is 8.46. The van der Waals surface area contributed by atoms with Gasteiger partial charge in [-0.2, -0.15) is 5.10 Å². The molecule has 3 N–H and O–H groups in total. The summed E-state index contributed by atoms with van der Waals surface area (Å²) in [6.45, 7) is 2.90. The minimum atomic E-state index is -0.494. The van der Waals surface area contributed by atoms with Crippen molar-refractivity contribution < 1.29 is 14.3 Å². The van der Waals surface area contributed by atoms with Crippen molar-refractivity contribution in [3.63, 3.8) is 0 Å². The lowest BCUT2D eigenvalue weighted by Crippen LogP contribution is -2.35. The van der Waals surface area contributed by atoms with Gasteiger partial charge in [0.25, 0.3) is 5.91 Å². The molecule has 1 aliphatic rings. The second-order valence-corrected chi connectivity index (χ2v) is 7.67. The van der Waals surface area contributed by atoms with Crippen LogP contribution in [0.2, 0.25) is 0 Å². The highest BCUT2D eigenvalue weighted by Gasteiger charge is 2.22. The lowest BCUT2D eigenvalue weighted by Gasteiger charge is -2.28. The molecule has 3 aromatic rings. The number of benzene rings is 1. The van der Waals surface area contributed by atoms with E-state index in [0.29, 0.717) is 23.8 Å². The fourth-order valence-electron chi connectivity index (χ4n) is 3.19. The van der Waals surface area contributed by atoms with E-state index in [0.717, 1.165) is 29.2 Å². The Balaban J connectivity index is 1.59. The molecule has 0 atom stereocenters. The van der Waals surface area contributed by atoms with Gasteiger partial charge in [-0.25, -0.2) is 0 Å². The van der Waals surface area contributed by atoms with Crippen LogP contribution in [0.4, 0.5) is 10.7 Å². The van der Waals surface area contributed by atoms with E-state index >= 15 is 0 Å². The third-order valence-electron chi connectivity index (χ3n) is 4.53. The predicted molar refractivity (Wildman–Crippen MR) is 112 cm³/mol. The number of morpholine rings is 1. The molecule has 0 saturated carbocycles. The van der Waals surface area contributed by atoms with Gasteiger partial charge >= 0.3 is 0 Å². The van der Waals surface area contributed by atoms with E-state index in [1.54, 1.807) is 6.20 Å². The molecule has 2 aromatic heterocycles. The quantitative estimate of drug-likeness (QED) is 0.647. The van der Waals surface area contributed by atoms with Gasteiger partial charge in [-0.1, -0.05) is 30.3 Å². The highest BCUT2D eigenvalue weighted by atomic mass is 32.1. The lowest BCUT2D eigenvalue weighted by atomic mass is 10.1. The zero-order valence-electron chi connectivity index (χ0n) is 15.7. The van der Waals surface area contributed by atoms with Crippen molar-refractivity contribution in [2.24, 2.45) is 5.73 Å². The molecular formula is C20H21N5O3S. The molecule has 9 heteroatoms. The number of thiophene rings is 1. The largest absolute Gasteiger partial charge is 0.378 e. The molecule has 1 saturated heterocycles. The first-order valence-corrected chi connectivity index (χ1v) is 10.1. The number of aromatic nitrogens is 2. The Morgan fingerprint density at radius 1 is 1.21 bits per heavy atom. The molecule has 1 aliphatic heterocycles. The molecule has 4 rings (SSSR count). The SMILES string of the molecule is NC(=O)Cn1cc(NC(=O)c2cc(-c3ccccc3)c(N3CCOCC3)s2)cn1. The third-order valence-corrected chi connectivity index (χ3v) is 5.72. The second-order valence-electron chi connectivity index (χ2n) is 6.64. The van der Waals surface area contributed by atoms with Crippen molar-refractivity contribution in [1.29, 1.82) is 0 Å². The summed E-state index contributed by atoms with van der Waals surface area (Å²) in [4.78, 5) is 26.7. The topological polar surface area (TPSA) is 102 Å². The first-order valence-electron chi connectivity index (χ1n) is 9.24. The van der Waals surface area contributed by atoms with Gasteiger partial charge in [0.15, 0.2) is 0 Å². The van der Waals surface area contributed by atoms with E-state index in [2.05, 4.69) is 15.3 Å². The Morgan fingerprint density at radius 2 is 1.97 bits per heavy atom. The number of rotatable bonds is 6. The molecule has 1 fully saturated rings. The summed E-state index contributed by atoms with van der Waals surface area (Å²) < 4.78 is 6.86. The normalized spacial score (nSPS) is 14.0. The number of nitrogens with two attached hydrogens (primary N) is 1. The Bertz CT molecular complexity index is 1010. The van der Waals surface area contributed by atoms with Crippen LogP contribution in [-0.4, -0.2) is 47.9 Å². The predicted octanol–water partition coefficient (Wildman–Crippen LogP) is 2.19. The number of amides is 2. The number of anilines is 2. The average Bonchev–Trinajstić information content (AvgIpc) is 3.36. The molecule has 0 radical (unpaired) electrons. The highest BCUT2D eigenvalue weighted by molar-refractivity contribution is 7.18. The standard InChI is InChI=1S/C20H21N5O3S/c21-18(26)13-25-12-15(11-22-25)23-19(27)17-10-16(14-4-2-1-3-5-14)20(29-17)24-6-8-28-9-7-24/h1-5,10-12H,6-9,13H2,(H2,21,26)(H,23,27). The van der Waals surface area contributed by atoms with Gasteiger partial charge in [-0.05, 0) is 11.6 Å². The van der Waals surface area contributed by atoms with E-state index in [1.165, 1.54) is 22.2 Å². The molecule has 3 heterocycles. The van der Waals surface area contributed by atoms with Crippen molar-refractivity contribution >= 4 is 33.8 Å². The maximum absolute atomic E-state index is 12.9. The van der Waals surface area contributed by atoms with E-state index in [9.17, 15) is 9.59 Å². The zero-order chi connectivity index (χ0) is 20.2. The van der Waals surface area contributed by atoms with Gasteiger partial charge in [0.05, 0.1) is 35.0 Å². The van der Waals surface area contributed by atoms with Gasteiger partial charge in [0.1, 0.15) is 6.54 Å². The van der Waals surface area contributed by atoms with Crippen LogP contribution < -0.4 is 16.0 Å². The van der Waals surface area contributed by atoms with E-state index in [-0.39, 0.29) is 12.5 Å². The molecule has 2 amide bonds.